The van der Waals surface area contributed by atoms with Crippen LogP contribution in [0.4, 0.5) is 5.82 Å². The number of aromatic nitrogens is 1. The third-order valence-electron chi connectivity index (χ3n) is 3.26. The molecule has 1 saturated heterocycles. The number of aliphatic imine (C=N–C) groups is 1. The van der Waals surface area contributed by atoms with Crippen molar-refractivity contribution in [3.63, 3.8) is 0 Å². The lowest BCUT2D eigenvalue weighted by Crippen LogP contribution is -2.34. The molecule has 2 aliphatic rings. The molecule has 1 N–H and O–H groups in total. The van der Waals surface area contributed by atoms with E-state index in [-0.39, 0.29) is 0 Å². The molecular formula is C12H15N3. The highest BCUT2D eigenvalue weighted by atomic mass is 14.9. The Labute approximate surface area is 89.6 Å². The first-order chi connectivity index (χ1) is 7.43. The van der Waals surface area contributed by atoms with Gasteiger partial charge in [0.25, 0.3) is 0 Å². The van der Waals surface area contributed by atoms with E-state index in [1.807, 2.05) is 12.3 Å². The Morgan fingerprint density at radius 3 is 3.20 bits per heavy atom. The molecule has 3 nitrogen and oxygen atoms in total. The molecule has 3 rings (SSSR count). The van der Waals surface area contributed by atoms with Crippen LogP contribution in [0.5, 0.6) is 0 Å². The summed E-state index contributed by atoms with van der Waals surface area (Å²) in [5.74, 6) is 1.58. The van der Waals surface area contributed by atoms with Crippen LogP contribution in [0.1, 0.15) is 18.4 Å². The van der Waals surface area contributed by atoms with Crippen LogP contribution in [-0.4, -0.2) is 23.8 Å². The molecule has 0 radical (unpaired) electrons. The molecule has 78 valence electrons. The highest BCUT2D eigenvalue weighted by Crippen LogP contribution is 2.28. The van der Waals surface area contributed by atoms with E-state index in [9.17, 15) is 0 Å². The van der Waals surface area contributed by atoms with Gasteiger partial charge in [0.1, 0.15) is 0 Å². The van der Waals surface area contributed by atoms with Crippen molar-refractivity contribution < 1.29 is 0 Å². The third-order valence-corrected chi connectivity index (χ3v) is 3.26. The van der Waals surface area contributed by atoms with Crippen LogP contribution in [0, 0.1) is 5.92 Å². The molecule has 0 bridgehead atoms. The molecule has 0 amide bonds. The van der Waals surface area contributed by atoms with Crippen molar-refractivity contribution in [1.82, 2.24) is 10.3 Å². The zero-order chi connectivity index (χ0) is 10.1. The van der Waals surface area contributed by atoms with Crippen LogP contribution >= 0.6 is 0 Å². The van der Waals surface area contributed by atoms with Gasteiger partial charge in [0.05, 0.1) is 0 Å². The minimum Gasteiger partial charge on any atom is -0.316 e. The first kappa shape index (κ1) is 9.04. The van der Waals surface area contributed by atoms with E-state index in [1.165, 1.54) is 24.1 Å². The maximum atomic E-state index is 4.64. The molecule has 15 heavy (non-hydrogen) atoms. The second-order valence-corrected chi connectivity index (χ2v) is 4.31. The van der Waals surface area contributed by atoms with Gasteiger partial charge in [0.15, 0.2) is 5.82 Å². The van der Waals surface area contributed by atoms with Crippen molar-refractivity contribution in [2.24, 2.45) is 10.9 Å². The number of hydrogen-bond donors (Lipinski definition) is 1. The molecule has 1 unspecified atom stereocenters. The first-order valence-corrected chi connectivity index (χ1v) is 5.65. The molecule has 0 aliphatic carbocycles. The Morgan fingerprint density at radius 2 is 2.40 bits per heavy atom. The van der Waals surface area contributed by atoms with E-state index < -0.39 is 0 Å². The summed E-state index contributed by atoms with van der Waals surface area (Å²) in [5.41, 5.74) is 2.62. The molecule has 0 saturated carbocycles. The van der Waals surface area contributed by atoms with E-state index in [1.54, 1.807) is 0 Å². The quantitative estimate of drug-likeness (QED) is 0.751. The van der Waals surface area contributed by atoms with E-state index in [0.29, 0.717) is 5.92 Å². The Balaban J connectivity index is 1.81. The largest absolute Gasteiger partial charge is 0.316 e. The molecule has 1 aromatic rings. The van der Waals surface area contributed by atoms with Gasteiger partial charge in [0, 0.05) is 36.4 Å². The standard InChI is InChI=1S/C12H15N3/c1-4-10(8-13-5-1)11-7-9-3-2-6-14-12(9)15-11/h2-3,6,10,13H,1,4-5,7-8H2. The van der Waals surface area contributed by atoms with Gasteiger partial charge in [-0.05, 0) is 25.5 Å². The van der Waals surface area contributed by atoms with Gasteiger partial charge in [-0.15, -0.1) is 0 Å². The summed E-state index contributed by atoms with van der Waals surface area (Å²) < 4.78 is 0. The Bertz CT molecular complexity index is 392. The fourth-order valence-electron chi connectivity index (χ4n) is 2.41. The lowest BCUT2D eigenvalue weighted by atomic mass is 9.92. The third kappa shape index (κ3) is 1.67. The van der Waals surface area contributed by atoms with Gasteiger partial charge in [-0.3, -0.25) is 0 Å². The fourth-order valence-corrected chi connectivity index (χ4v) is 2.41. The maximum Gasteiger partial charge on any atom is 0.155 e. The van der Waals surface area contributed by atoms with Gasteiger partial charge < -0.3 is 5.32 Å². The lowest BCUT2D eigenvalue weighted by molar-refractivity contribution is 0.456. The molecule has 3 heteroatoms. The van der Waals surface area contributed by atoms with Crippen LogP contribution in [-0.2, 0) is 6.42 Å². The number of rotatable bonds is 1. The van der Waals surface area contributed by atoms with Crippen molar-refractivity contribution in [2.45, 2.75) is 19.3 Å². The summed E-state index contributed by atoms with van der Waals surface area (Å²) in [6, 6.07) is 4.13. The topological polar surface area (TPSA) is 37.3 Å². The molecule has 0 aromatic carbocycles. The number of nitrogens with one attached hydrogen (secondary N) is 1. The van der Waals surface area contributed by atoms with Crippen molar-refractivity contribution in [3.8, 4) is 0 Å². The van der Waals surface area contributed by atoms with Crippen LogP contribution < -0.4 is 5.32 Å². The maximum absolute atomic E-state index is 4.64. The Kier molecular flexibility index (Phi) is 2.25. The smallest absolute Gasteiger partial charge is 0.155 e. The second kappa shape index (κ2) is 3.74. The summed E-state index contributed by atoms with van der Waals surface area (Å²) >= 11 is 0. The monoisotopic (exact) mass is 201 g/mol. The minimum atomic E-state index is 0.632. The molecule has 1 aromatic heterocycles. The summed E-state index contributed by atoms with van der Waals surface area (Å²) in [6.45, 7) is 2.25. The van der Waals surface area contributed by atoms with Gasteiger partial charge in [-0.25, -0.2) is 9.98 Å². The van der Waals surface area contributed by atoms with Crippen LogP contribution in [0.2, 0.25) is 0 Å². The van der Waals surface area contributed by atoms with Gasteiger partial charge >= 0.3 is 0 Å². The highest BCUT2D eigenvalue weighted by molar-refractivity contribution is 5.95. The van der Waals surface area contributed by atoms with Crippen molar-refractivity contribution >= 4 is 11.5 Å². The molecule has 0 spiro atoms. The van der Waals surface area contributed by atoms with E-state index >= 15 is 0 Å². The fraction of sp³-hybridized carbons (Fsp3) is 0.500. The average molecular weight is 201 g/mol. The Hall–Kier alpha value is -1.22. The van der Waals surface area contributed by atoms with Gasteiger partial charge in [-0.1, -0.05) is 6.07 Å². The SMILES string of the molecule is c1cnc2c(c1)CC(C1CCCNC1)=N2. The molecular weight excluding hydrogens is 186 g/mol. The zero-order valence-corrected chi connectivity index (χ0v) is 8.74. The summed E-state index contributed by atoms with van der Waals surface area (Å²) in [6.07, 6.45) is 5.38. The molecule has 2 aliphatic heterocycles. The number of piperidine rings is 1. The second-order valence-electron chi connectivity index (χ2n) is 4.31. The van der Waals surface area contributed by atoms with Gasteiger partial charge in [-0.2, -0.15) is 0 Å². The molecule has 3 heterocycles. The molecule has 1 fully saturated rings. The van der Waals surface area contributed by atoms with Crippen LogP contribution in [0.25, 0.3) is 0 Å². The molecule has 1 atom stereocenters. The lowest BCUT2D eigenvalue weighted by Gasteiger charge is -2.22. The average Bonchev–Trinajstić information content (AvgIpc) is 2.74. The summed E-state index contributed by atoms with van der Waals surface area (Å²) in [7, 11) is 0. The highest BCUT2D eigenvalue weighted by Gasteiger charge is 2.24. The number of pyridine rings is 1. The van der Waals surface area contributed by atoms with Gasteiger partial charge in [0.2, 0.25) is 0 Å². The predicted octanol–water partition coefficient (Wildman–Crippen LogP) is 1.71. The van der Waals surface area contributed by atoms with E-state index in [4.69, 9.17) is 0 Å². The summed E-state index contributed by atoms with van der Waals surface area (Å²) in [4.78, 5) is 8.94. The first-order valence-electron chi connectivity index (χ1n) is 5.65. The van der Waals surface area contributed by atoms with Crippen molar-refractivity contribution in [3.05, 3.63) is 23.9 Å². The summed E-state index contributed by atoms with van der Waals surface area (Å²) in [5, 5.41) is 3.44. The van der Waals surface area contributed by atoms with Crippen LogP contribution in [0.3, 0.4) is 0 Å². The Morgan fingerprint density at radius 1 is 1.40 bits per heavy atom. The normalized spacial score (nSPS) is 24.8. The van der Waals surface area contributed by atoms with E-state index in [2.05, 4.69) is 21.4 Å². The number of hydrogen-bond acceptors (Lipinski definition) is 3. The van der Waals surface area contributed by atoms with E-state index in [0.717, 1.165) is 25.3 Å². The number of nitrogens with zero attached hydrogens (tertiary/aromatic N) is 2. The number of fused-ring (bicyclic) bond motifs is 1. The zero-order valence-electron chi connectivity index (χ0n) is 8.74. The van der Waals surface area contributed by atoms with Crippen LogP contribution in [0.15, 0.2) is 23.3 Å². The minimum absolute atomic E-state index is 0.632. The van der Waals surface area contributed by atoms with Crippen molar-refractivity contribution in [1.29, 1.82) is 0 Å². The van der Waals surface area contributed by atoms with Crippen molar-refractivity contribution in [2.75, 3.05) is 13.1 Å². The predicted molar refractivity (Wildman–Crippen MR) is 60.6 cm³/mol.